The van der Waals surface area contributed by atoms with Crippen molar-refractivity contribution in [3.8, 4) is 0 Å². The lowest BCUT2D eigenvalue weighted by Gasteiger charge is -2.15. The average molecular weight is 214 g/mol. The summed E-state index contributed by atoms with van der Waals surface area (Å²) in [6, 6.07) is 0. The van der Waals surface area contributed by atoms with Crippen LogP contribution in [0.4, 0.5) is 0 Å². The Kier molecular flexibility index (Phi) is 4.55. The maximum absolute atomic E-state index is 11.4. The average Bonchev–Trinajstić information content (AvgIpc) is 2.66. The molecule has 0 unspecified atom stereocenters. The number of carbonyl (C=O) groups excluding carboxylic acids is 1. The van der Waals surface area contributed by atoms with Crippen molar-refractivity contribution >= 4 is 17.2 Å². The molecule has 0 saturated heterocycles. The van der Waals surface area contributed by atoms with Crippen LogP contribution in [0.5, 0.6) is 0 Å². The molecule has 0 radical (unpaired) electrons. The Morgan fingerprint density at radius 3 is 3.07 bits per heavy atom. The van der Waals surface area contributed by atoms with E-state index in [-0.39, 0.29) is 12.5 Å². The van der Waals surface area contributed by atoms with Crippen LogP contribution < -0.4 is 0 Å². The van der Waals surface area contributed by atoms with Crippen LogP contribution in [0.15, 0.2) is 10.9 Å². The standard InChI is InChI=1S/C9H14N2O2S/c1-11(9(13)3-2-4-12)5-8-6-14-7-10-8/h6-7,12H,2-5H2,1H3. The summed E-state index contributed by atoms with van der Waals surface area (Å²) >= 11 is 1.52. The lowest BCUT2D eigenvalue weighted by atomic mass is 10.3. The van der Waals surface area contributed by atoms with Crippen LogP contribution in [0.1, 0.15) is 18.5 Å². The Balaban J connectivity index is 2.34. The van der Waals surface area contributed by atoms with Gasteiger partial charge in [0.2, 0.25) is 5.91 Å². The van der Waals surface area contributed by atoms with Gasteiger partial charge in [-0.1, -0.05) is 0 Å². The van der Waals surface area contributed by atoms with Gasteiger partial charge >= 0.3 is 0 Å². The van der Waals surface area contributed by atoms with E-state index in [1.165, 1.54) is 11.3 Å². The first-order chi connectivity index (χ1) is 6.74. The van der Waals surface area contributed by atoms with Crippen LogP contribution in [-0.4, -0.2) is 34.6 Å². The number of aliphatic hydroxyl groups is 1. The van der Waals surface area contributed by atoms with Crippen LogP contribution in [0.25, 0.3) is 0 Å². The van der Waals surface area contributed by atoms with Crippen LogP contribution in [0.2, 0.25) is 0 Å². The van der Waals surface area contributed by atoms with Gasteiger partial charge in [-0.05, 0) is 6.42 Å². The van der Waals surface area contributed by atoms with Crippen molar-refractivity contribution in [1.29, 1.82) is 0 Å². The third kappa shape index (κ3) is 3.43. The molecule has 1 aromatic heterocycles. The summed E-state index contributed by atoms with van der Waals surface area (Å²) in [4.78, 5) is 17.1. The zero-order valence-electron chi connectivity index (χ0n) is 8.14. The molecule has 0 saturated carbocycles. The molecule has 1 amide bonds. The van der Waals surface area contributed by atoms with Crippen LogP contribution >= 0.6 is 11.3 Å². The van der Waals surface area contributed by atoms with Gasteiger partial charge in [-0.25, -0.2) is 4.98 Å². The number of thiazole rings is 1. The van der Waals surface area contributed by atoms with Gasteiger partial charge in [-0.3, -0.25) is 4.79 Å². The predicted octanol–water partition coefficient (Wildman–Crippen LogP) is 0.874. The zero-order chi connectivity index (χ0) is 10.4. The molecule has 0 spiro atoms. The minimum atomic E-state index is 0.0482. The Labute approximate surface area is 87.2 Å². The van der Waals surface area contributed by atoms with E-state index in [1.807, 2.05) is 5.38 Å². The predicted molar refractivity (Wildman–Crippen MR) is 54.9 cm³/mol. The fourth-order valence-electron chi connectivity index (χ4n) is 1.07. The van der Waals surface area contributed by atoms with Crippen molar-refractivity contribution in [1.82, 2.24) is 9.88 Å². The molecule has 1 aromatic rings. The van der Waals surface area contributed by atoms with Crippen molar-refractivity contribution in [3.63, 3.8) is 0 Å². The number of carbonyl (C=O) groups is 1. The Morgan fingerprint density at radius 1 is 1.71 bits per heavy atom. The highest BCUT2D eigenvalue weighted by Crippen LogP contribution is 2.05. The largest absolute Gasteiger partial charge is 0.396 e. The Hall–Kier alpha value is -0.940. The highest BCUT2D eigenvalue weighted by Gasteiger charge is 2.09. The van der Waals surface area contributed by atoms with Gasteiger partial charge in [0.15, 0.2) is 0 Å². The van der Waals surface area contributed by atoms with E-state index in [1.54, 1.807) is 17.5 Å². The molecule has 1 rings (SSSR count). The van der Waals surface area contributed by atoms with Gasteiger partial charge in [0.05, 0.1) is 17.7 Å². The van der Waals surface area contributed by atoms with Crippen molar-refractivity contribution in [2.24, 2.45) is 0 Å². The van der Waals surface area contributed by atoms with Crippen LogP contribution in [-0.2, 0) is 11.3 Å². The van der Waals surface area contributed by atoms with Crippen molar-refractivity contribution < 1.29 is 9.90 Å². The molecule has 5 heteroatoms. The summed E-state index contributed by atoms with van der Waals surface area (Å²) in [5.74, 6) is 0.0482. The molecule has 4 nitrogen and oxygen atoms in total. The molecule has 14 heavy (non-hydrogen) atoms. The van der Waals surface area contributed by atoms with Gasteiger partial charge in [0, 0.05) is 25.5 Å². The summed E-state index contributed by atoms with van der Waals surface area (Å²) < 4.78 is 0. The lowest BCUT2D eigenvalue weighted by molar-refractivity contribution is -0.130. The third-order valence-electron chi connectivity index (χ3n) is 1.86. The fourth-order valence-corrected chi connectivity index (χ4v) is 1.62. The molecule has 1 N–H and O–H groups in total. The van der Waals surface area contributed by atoms with Gasteiger partial charge < -0.3 is 10.0 Å². The smallest absolute Gasteiger partial charge is 0.222 e. The monoisotopic (exact) mass is 214 g/mol. The van der Waals surface area contributed by atoms with Crippen LogP contribution in [0, 0.1) is 0 Å². The van der Waals surface area contributed by atoms with Crippen molar-refractivity contribution in [3.05, 3.63) is 16.6 Å². The Bertz CT molecular complexity index is 274. The molecular formula is C9H14N2O2S. The number of amides is 1. The number of nitrogens with zero attached hydrogens (tertiary/aromatic N) is 2. The van der Waals surface area contributed by atoms with Gasteiger partial charge in [-0.2, -0.15) is 0 Å². The molecule has 0 fully saturated rings. The minimum Gasteiger partial charge on any atom is -0.396 e. The van der Waals surface area contributed by atoms with E-state index in [9.17, 15) is 4.79 Å². The molecule has 0 aromatic carbocycles. The normalized spacial score (nSPS) is 10.1. The second-order valence-electron chi connectivity index (χ2n) is 3.06. The molecule has 0 aliphatic rings. The van der Waals surface area contributed by atoms with Crippen LogP contribution in [0.3, 0.4) is 0 Å². The third-order valence-corrected chi connectivity index (χ3v) is 2.49. The SMILES string of the molecule is CN(Cc1cscn1)C(=O)CCCO. The number of rotatable bonds is 5. The van der Waals surface area contributed by atoms with E-state index in [0.29, 0.717) is 19.4 Å². The molecule has 78 valence electrons. The molecule has 0 atom stereocenters. The zero-order valence-corrected chi connectivity index (χ0v) is 8.96. The second kappa shape index (κ2) is 5.72. The summed E-state index contributed by atoms with van der Waals surface area (Å²) in [6.45, 7) is 0.615. The molecular weight excluding hydrogens is 200 g/mol. The Morgan fingerprint density at radius 2 is 2.50 bits per heavy atom. The number of hydrogen-bond acceptors (Lipinski definition) is 4. The maximum Gasteiger partial charge on any atom is 0.222 e. The first kappa shape index (κ1) is 11.1. The topological polar surface area (TPSA) is 53.4 Å². The summed E-state index contributed by atoms with van der Waals surface area (Å²) in [7, 11) is 1.75. The second-order valence-corrected chi connectivity index (χ2v) is 3.78. The molecule has 1 heterocycles. The number of aromatic nitrogens is 1. The highest BCUT2D eigenvalue weighted by molar-refractivity contribution is 7.07. The molecule has 0 bridgehead atoms. The van der Waals surface area contributed by atoms with Gasteiger partial charge in [-0.15, -0.1) is 11.3 Å². The molecule has 0 aliphatic carbocycles. The maximum atomic E-state index is 11.4. The van der Waals surface area contributed by atoms with Crippen molar-refractivity contribution in [2.75, 3.05) is 13.7 Å². The van der Waals surface area contributed by atoms with Gasteiger partial charge in [0.1, 0.15) is 0 Å². The van der Waals surface area contributed by atoms with Gasteiger partial charge in [0.25, 0.3) is 0 Å². The van der Waals surface area contributed by atoms with E-state index < -0.39 is 0 Å². The molecule has 0 aliphatic heterocycles. The minimum absolute atomic E-state index is 0.0482. The first-order valence-electron chi connectivity index (χ1n) is 4.46. The van der Waals surface area contributed by atoms with E-state index in [4.69, 9.17) is 5.11 Å². The van der Waals surface area contributed by atoms with E-state index in [2.05, 4.69) is 4.98 Å². The van der Waals surface area contributed by atoms with E-state index >= 15 is 0 Å². The highest BCUT2D eigenvalue weighted by atomic mass is 32.1. The summed E-state index contributed by atoms with van der Waals surface area (Å²) in [5.41, 5.74) is 2.66. The first-order valence-corrected chi connectivity index (χ1v) is 5.40. The summed E-state index contributed by atoms with van der Waals surface area (Å²) in [5, 5.41) is 10.5. The van der Waals surface area contributed by atoms with E-state index in [0.717, 1.165) is 5.69 Å². The number of aliphatic hydroxyl groups excluding tert-OH is 1. The lowest BCUT2D eigenvalue weighted by Crippen LogP contribution is -2.26. The fraction of sp³-hybridized carbons (Fsp3) is 0.556. The summed E-state index contributed by atoms with van der Waals surface area (Å²) in [6.07, 6.45) is 0.928. The van der Waals surface area contributed by atoms with Crippen molar-refractivity contribution in [2.45, 2.75) is 19.4 Å². The number of hydrogen-bond donors (Lipinski definition) is 1. The quantitative estimate of drug-likeness (QED) is 0.791.